The van der Waals surface area contributed by atoms with Crippen LogP contribution < -0.4 is 10.6 Å². The van der Waals surface area contributed by atoms with Crippen molar-refractivity contribution in [1.29, 1.82) is 0 Å². The molecule has 2 heterocycles. The van der Waals surface area contributed by atoms with Crippen LogP contribution >= 0.6 is 0 Å². The van der Waals surface area contributed by atoms with Gasteiger partial charge in [-0.3, -0.25) is 0 Å². The number of aryl methyl sites for hydroxylation is 1. The molecule has 1 saturated heterocycles. The summed E-state index contributed by atoms with van der Waals surface area (Å²) >= 11 is 0. The van der Waals surface area contributed by atoms with Gasteiger partial charge in [-0.1, -0.05) is 0 Å². The van der Waals surface area contributed by atoms with E-state index in [1.807, 2.05) is 20.2 Å². The highest BCUT2D eigenvalue weighted by Crippen LogP contribution is 2.17. The number of hydrogen-bond acceptors (Lipinski definition) is 5. The summed E-state index contributed by atoms with van der Waals surface area (Å²) in [4.78, 5) is 11.0. The van der Waals surface area contributed by atoms with Crippen molar-refractivity contribution in [3.8, 4) is 0 Å². The first kappa shape index (κ1) is 12.1. The highest BCUT2D eigenvalue weighted by atomic mass is 15.2. The fraction of sp³-hybridized carbons (Fsp3) is 0.667. The van der Waals surface area contributed by atoms with Crippen molar-refractivity contribution in [1.82, 2.24) is 14.9 Å². The van der Waals surface area contributed by atoms with E-state index in [0.29, 0.717) is 12.0 Å². The highest BCUT2D eigenvalue weighted by Gasteiger charge is 2.18. The number of nitrogens with zero attached hydrogens (tertiary/aromatic N) is 3. The number of piperidine rings is 1. The van der Waals surface area contributed by atoms with Crippen LogP contribution in [0, 0.1) is 6.92 Å². The second kappa shape index (κ2) is 5.31. The van der Waals surface area contributed by atoms with Crippen LogP contribution in [0.2, 0.25) is 0 Å². The van der Waals surface area contributed by atoms with E-state index in [-0.39, 0.29) is 0 Å². The minimum atomic E-state index is 0.493. The molecule has 17 heavy (non-hydrogen) atoms. The third kappa shape index (κ3) is 3.06. The maximum absolute atomic E-state index is 4.46. The molecule has 0 saturated carbocycles. The molecule has 0 aromatic carbocycles. The van der Waals surface area contributed by atoms with Crippen molar-refractivity contribution in [2.75, 3.05) is 37.8 Å². The molecule has 0 radical (unpaired) electrons. The van der Waals surface area contributed by atoms with Gasteiger partial charge in [0.25, 0.3) is 0 Å². The van der Waals surface area contributed by atoms with Crippen molar-refractivity contribution in [3.63, 3.8) is 0 Å². The van der Waals surface area contributed by atoms with Gasteiger partial charge in [0, 0.05) is 31.4 Å². The van der Waals surface area contributed by atoms with Gasteiger partial charge in [-0.25, -0.2) is 4.98 Å². The molecule has 5 nitrogen and oxygen atoms in total. The fourth-order valence-electron chi connectivity index (χ4n) is 2.19. The molecule has 1 aromatic heterocycles. The van der Waals surface area contributed by atoms with Crippen LogP contribution in [0.5, 0.6) is 0 Å². The van der Waals surface area contributed by atoms with Gasteiger partial charge in [0.05, 0.1) is 0 Å². The summed E-state index contributed by atoms with van der Waals surface area (Å²) < 4.78 is 0. The topological polar surface area (TPSA) is 53.1 Å². The second-order valence-corrected chi connectivity index (χ2v) is 4.72. The lowest BCUT2D eigenvalue weighted by atomic mass is 10.1. The predicted octanol–water partition coefficient (Wildman–Crippen LogP) is 1.33. The lowest BCUT2D eigenvalue weighted by molar-refractivity contribution is 0.260. The molecule has 0 amide bonds. The van der Waals surface area contributed by atoms with Gasteiger partial charge in [-0.05, 0) is 33.4 Å². The average molecular weight is 235 g/mol. The third-order valence-corrected chi connectivity index (χ3v) is 3.16. The minimum Gasteiger partial charge on any atom is -0.366 e. The Kier molecular flexibility index (Phi) is 3.78. The summed E-state index contributed by atoms with van der Waals surface area (Å²) in [7, 11) is 4.00. The molecular weight excluding hydrogens is 214 g/mol. The monoisotopic (exact) mass is 235 g/mol. The van der Waals surface area contributed by atoms with Gasteiger partial charge in [-0.2, -0.15) is 4.98 Å². The Labute approximate surface area is 103 Å². The van der Waals surface area contributed by atoms with Gasteiger partial charge in [0.1, 0.15) is 5.82 Å². The number of hydrogen-bond donors (Lipinski definition) is 2. The van der Waals surface area contributed by atoms with Gasteiger partial charge < -0.3 is 15.5 Å². The Bertz CT molecular complexity index is 379. The summed E-state index contributed by atoms with van der Waals surface area (Å²) in [5.74, 6) is 1.62. The zero-order chi connectivity index (χ0) is 12.3. The first-order valence-corrected chi connectivity index (χ1v) is 6.15. The largest absolute Gasteiger partial charge is 0.366 e. The maximum Gasteiger partial charge on any atom is 0.224 e. The van der Waals surface area contributed by atoms with E-state index in [1.165, 1.54) is 19.4 Å². The van der Waals surface area contributed by atoms with E-state index in [2.05, 4.69) is 32.5 Å². The van der Waals surface area contributed by atoms with Crippen LogP contribution in [-0.4, -0.2) is 48.1 Å². The fourth-order valence-corrected chi connectivity index (χ4v) is 2.19. The SMILES string of the molecule is CNc1ncc(C)c(NC2CCCN(C)C2)n1. The Hall–Kier alpha value is -1.36. The standard InChI is InChI=1S/C12H21N5/c1-9-7-14-12(13-2)16-11(9)15-10-5-4-6-17(3)8-10/h7,10H,4-6,8H2,1-3H3,(H2,13,14,15,16). The second-order valence-electron chi connectivity index (χ2n) is 4.72. The maximum atomic E-state index is 4.46. The van der Waals surface area contributed by atoms with Crippen molar-refractivity contribution < 1.29 is 0 Å². The van der Waals surface area contributed by atoms with Gasteiger partial charge in [0.15, 0.2) is 0 Å². The summed E-state index contributed by atoms with van der Waals surface area (Å²) in [5.41, 5.74) is 1.09. The molecule has 0 aliphatic carbocycles. The third-order valence-electron chi connectivity index (χ3n) is 3.16. The number of nitrogens with one attached hydrogen (secondary N) is 2. The molecule has 1 aliphatic heterocycles. The Morgan fingerprint density at radius 1 is 1.47 bits per heavy atom. The first-order chi connectivity index (χ1) is 8.19. The summed E-state index contributed by atoms with van der Waals surface area (Å²) in [6, 6.07) is 0.493. The van der Waals surface area contributed by atoms with Crippen molar-refractivity contribution in [2.45, 2.75) is 25.8 Å². The van der Waals surface area contributed by atoms with Crippen molar-refractivity contribution >= 4 is 11.8 Å². The molecule has 2 N–H and O–H groups in total. The minimum absolute atomic E-state index is 0.493. The molecule has 1 unspecified atom stereocenters. The molecule has 1 atom stereocenters. The van der Waals surface area contributed by atoms with Gasteiger partial charge >= 0.3 is 0 Å². The van der Waals surface area contributed by atoms with Crippen molar-refractivity contribution in [3.05, 3.63) is 11.8 Å². The Morgan fingerprint density at radius 2 is 2.29 bits per heavy atom. The van der Waals surface area contributed by atoms with Crippen LogP contribution in [0.1, 0.15) is 18.4 Å². The van der Waals surface area contributed by atoms with Gasteiger partial charge in [-0.15, -0.1) is 0 Å². The molecule has 94 valence electrons. The Balaban J connectivity index is 2.06. The Morgan fingerprint density at radius 3 is 3.00 bits per heavy atom. The van der Waals surface area contributed by atoms with E-state index in [4.69, 9.17) is 0 Å². The number of aromatic nitrogens is 2. The zero-order valence-corrected chi connectivity index (χ0v) is 10.8. The zero-order valence-electron chi connectivity index (χ0n) is 10.8. The molecule has 0 bridgehead atoms. The number of rotatable bonds is 3. The predicted molar refractivity (Wildman–Crippen MR) is 70.5 cm³/mol. The smallest absolute Gasteiger partial charge is 0.224 e. The van der Waals surface area contributed by atoms with E-state index in [0.717, 1.165) is 17.9 Å². The quantitative estimate of drug-likeness (QED) is 0.828. The van der Waals surface area contributed by atoms with Crippen LogP contribution in [0.3, 0.4) is 0 Å². The molecule has 2 rings (SSSR count). The summed E-state index contributed by atoms with van der Waals surface area (Å²) in [5, 5.41) is 6.49. The van der Waals surface area contributed by atoms with E-state index >= 15 is 0 Å². The van der Waals surface area contributed by atoms with E-state index in [1.54, 1.807) is 0 Å². The highest BCUT2D eigenvalue weighted by molar-refractivity contribution is 5.47. The molecule has 1 aliphatic rings. The van der Waals surface area contributed by atoms with E-state index in [9.17, 15) is 0 Å². The normalized spacial score (nSPS) is 21.2. The number of likely N-dealkylation sites (N-methyl/N-ethyl adjacent to an activating group) is 1. The van der Waals surface area contributed by atoms with Crippen LogP contribution in [0.15, 0.2) is 6.20 Å². The number of likely N-dealkylation sites (tertiary alicyclic amines) is 1. The molecule has 1 fully saturated rings. The summed E-state index contributed by atoms with van der Waals surface area (Å²) in [6.07, 6.45) is 4.31. The molecule has 1 aromatic rings. The lowest BCUT2D eigenvalue weighted by Crippen LogP contribution is -2.40. The van der Waals surface area contributed by atoms with E-state index < -0.39 is 0 Å². The molecule has 0 spiro atoms. The number of anilines is 2. The van der Waals surface area contributed by atoms with Crippen LogP contribution in [0.4, 0.5) is 11.8 Å². The van der Waals surface area contributed by atoms with Gasteiger partial charge in [0.2, 0.25) is 5.95 Å². The molecule has 5 heteroatoms. The van der Waals surface area contributed by atoms with Crippen LogP contribution in [0.25, 0.3) is 0 Å². The average Bonchev–Trinajstić information content (AvgIpc) is 2.32. The van der Waals surface area contributed by atoms with Crippen molar-refractivity contribution in [2.24, 2.45) is 0 Å². The summed E-state index contributed by atoms with van der Waals surface area (Å²) in [6.45, 7) is 4.31. The first-order valence-electron chi connectivity index (χ1n) is 6.15. The molecular formula is C12H21N5. The lowest BCUT2D eigenvalue weighted by Gasteiger charge is -2.30. The van der Waals surface area contributed by atoms with Crippen LogP contribution in [-0.2, 0) is 0 Å².